The van der Waals surface area contributed by atoms with Crippen LogP contribution >= 0.6 is 0 Å². The van der Waals surface area contributed by atoms with Gasteiger partial charge >= 0.3 is 29.6 Å². The zero-order valence-corrected chi connectivity index (χ0v) is 22.4. The Morgan fingerprint density at radius 3 is 2.53 bits per heavy atom. The van der Waals surface area contributed by atoms with E-state index in [0.29, 0.717) is 5.41 Å². The zero-order chi connectivity index (χ0) is 20.3. The van der Waals surface area contributed by atoms with E-state index in [-0.39, 0.29) is 40.4 Å². The molecule has 1 nitrogen and oxygen atoms in total. The summed E-state index contributed by atoms with van der Waals surface area (Å²) in [5.41, 5.74) is 4.72. The van der Waals surface area contributed by atoms with Crippen LogP contribution in [-0.2, 0) is 0 Å². The number of allylic oxidation sites excluding steroid dienone is 4. The fraction of sp³-hybridized carbons (Fsp3) is 0.778. The van der Waals surface area contributed by atoms with Crippen molar-refractivity contribution in [3.8, 4) is 0 Å². The summed E-state index contributed by atoms with van der Waals surface area (Å²) in [6.45, 7) is 14.1. The average molecular weight is 427 g/mol. The number of hydrogen-bond donors (Lipinski definition) is 1. The molecule has 3 saturated carbocycles. The Labute approximate surface area is 207 Å². The molecule has 0 bridgehead atoms. The van der Waals surface area contributed by atoms with Crippen LogP contribution in [-0.4, -0.2) is 11.2 Å². The van der Waals surface area contributed by atoms with Crippen molar-refractivity contribution in [1.82, 2.24) is 0 Å². The van der Waals surface area contributed by atoms with E-state index >= 15 is 0 Å². The summed E-state index contributed by atoms with van der Waals surface area (Å²) in [5, 5.41) is 10.0. The summed E-state index contributed by atoms with van der Waals surface area (Å²) >= 11 is 0. The maximum absolute atomic E-state index is 10.0. The number of rotatable bonds is 6. The normalized spacial score (nSPS) is 35.1. The Morgan fingerprint density at radius 1 is 1.10 bits per heavy atom. The second-order valence-electron chi connectivity index (χ2n) is 10.8. The SMILES string of the molecule is C=C1CC[C@@H](O)C/C1=C/C=C1\CCC[C@]2(C)[C@@H]([C@H](C)CCCC(C)C)CC[C@@H]12.[F-].[Na+]. The van der Waals surface area contributed by atoms with Gasteiger partial charge in [-0.3, -0.25) is 0 Å². The largest absolute Gasteiger partial charge is 1.00 e. The van der Waals surface area contributed by atoms with Gasteiger partial charge in [-0.1, -0.05) is 76.8 Å². The molecule has 3 heteroatoms. The van der Waals surface area contributed by atoms with Crippen molar-refractivity contribution in [3.63, 3.8) is 0 Å². The van der Waals surface area contributed by atoms with Crippen molar-refractivity contribution in [2.45, 2.75) is 104 Å². The quantitative estimate of drug-likeness (QED) is 0.640. The van der Waals surface area contributed by atoms with Crippen LogP contribution in [0.2, 0.25) is 0 Å². The molecule has 5 atom stereocenters. The second-order valence-corrected chi connectivity index (χ2v) is 10.8. The Hall–Kier alpha value is 0.110. The van der Waals surface area contributed by atoms with E-state index in [0.717, 1.165) is 42.9 Å². The van der Waals surface area contributed by atoms with Gasteiger partial charge in [-0.25, -0.2) is 0 Å². The predicted octanol–water partition coefficient (Wildman–Crippen LogP) is 1.63. The molecule has 3 aliphatic rings. The summed E-state index contributed by atoms with van der Waals surface area (Å²) in [6, 6.07) is 0. The topological polar surface area (TPSA) is 20.2 Å². The third-order valence-electron chi connectivity index (χ3n) is 8.35. The molecule has 0 amide bonds. The van der Waals surface area contributed by atoms with Gasteiger partial charge in [0, 0.05) is 0 Å². The van der Waals surface area contributed by atoms with Crippen LogP contribution in [0.1, 0.15) is 98.3 Å². The third-order valence-corrected chi connectivity index (χ3v) is 8.35. The van der Waals surface area contributed by atoms with Crippen molar-refractivity contribution < 1.29 is 39.4 Å². The number of fused-ring (bicyclic) bond motifs is 1. The van der Waals surface area contributed by atoms with Gasteiger partial charge in [0.05, 0.1) is 6.10 Å². The van der Waals surface area contributed by atoms with Gasteiger partial charge < -0.3 is 9.81 Å². The molecule has 0 heterocycles. The molecule has 0 aromatic carbocycles. The van der Waals surface area contributed by atoms with Gasteiger partial charge in [0.2, 0.25) is 0 Å². The van der Waals surface area contributed by atoms with E-state index in [4.69, 9.17) is 0 Å². The zero-order valence-electron chi connectivity index (χ0n) is 20.4. The monoisotopic (exact) mass is 426 g/mol. The first-order chi connectivity index (χ1) is 13.3. The van der Waals surface area contributed by atoms with Crippen LogP contribution < -0.4 is 34.3 Å². The molecule has 0 unspecified atom stereocenters. The number of hydrogen-bond acceptors (Lipinski definition) is 1. The van der Waals surface area contributed by atoms with Crippen LogP contribution in [0, 0.1) is 29.1 Å². The summed E-state index contributed by atoms with van der Waals surface area (Å²) in [7, 11) is 0. The summed E-state index contributed by atoms with van der Waals surface area (Å²) < 4.78 is 0. The molecule has 0 spiro atoms. The van der Waals surface area contributed by atoms with Gasteiger partial charge in [-0.15, -0.1) is 0 Å². The third kappa shape index (κ3) is 6.56. The number of halogens is 1. The molecule has 0 radical (unpaired) electrons. The van der Waals surface area contributed by atoms with Gasteiger partial charge in [0.25, 0.3) is 0 Å². The van der Waals surface area contributed by atoms with Crippen LogP contribution in [0.15, 0.2) is 35.5 Å². The minimum atomic E-state index is -0.172. The molecule has 3 rings (SSSR count). The standard InChI is InChI=1S/C27H44O.FH.Na/c1-19(2)8-6-9-21(4)25-15-16-26-22(10-7-17-27(25,26)5)12-13-23-18-24(28)14-11-20(23)3;;/h12-13,19,21,24-26,28H,3,6-11,14-18H2,1-2,4-5H3;1H;/q;;+1/p-1/b22-12+,23-13-;;/t21-,24-,25-,26+,27-;;/m1../s1. The van der Waals surface area contributed by atoms with E-state index in [2.05, 4.69) is 46.4 Å². The van der Waals surface area contributed by atoms with Crippen LogP contribution in [0.25, 0.3) is 0 Å². The molecule has 166 valence electrons. The van der Waals surface area contributed by atoms with Gasteiger partial charge in [-0.2, -0.15) is 0 Å². The Kier molecular flexibility index (Phi) is 11.6. The summed E-state index contributed by atoms with van der Waals surface area (Å²) in [6.07, 6.45) is 18.2. The minimum absolute atomic E-state index is 0. The molecular weight excluding hydrogens is 382 g/mol. The molecule has 3 aliphatic carbocycles. The molecule has 0 saturated heterocycles. The fourth-order valence-corrected chi connectivity index (χ4v) is 6.66. The first-order valence-electron chi connectivity index (χ1n) is 12.1. The molecule has 0 aromatic rings. The molecule has 0 aromatic heterocycles. The Bertz CT molecular complexity index is 622. The Balaban J connectivity index is 0.00000225. The smallest absolute Gasteiger partial charge is 1.00 e. The van der Waals surface area contributed by atoms with Crippen molar-refractivity contribution in [1.29, 1.82) is 0 Å². The first kappa shape index (κ1) is 28.1. The second kappa shape index (κ2) is 12.4. The molecule has 30 heavy (non-hydrogen) atoms. The predicted molar refractivity (Wildman–Crippen MR) is 121 cm³/mol. The van der Waals surface area contributed by atoms with Crippen LogP contribution in [0.3, 0.4) is 0 Å². The average Bonchev–Trinajstić information content (AvgIpc) is 2.99. The fourth-order valence-electron chi connectivity index (χ4n) is 6.66. The van der Waals surface area contributed by atoms with Crippen LogP contribution in [0.5, 0.6) is 0 Å². The van der Waals surface area contributed by atoms with Gasteiger partial charge in [0.15, 0.2) is 0 Å². The van der Waals surface area contributed by atoms with E-state index in [9.17, 15) is 5.11 Å². The van der Waals surface area contributed by atoms with E-state index in [1.165, 1.54) is 62.5 Å². The van der Waals surface area contributed by atoms with Crippen molar-refractivity contribution in [2.24, 2.45) is 29.1 Å². The maximum Gasteiger partial charge on any atom is 1.00 e. The van der Waals surface area contributed by atoms with Gasteiger partial charge in [-0.05, 0) is 86.0 Å². The van der Waals surface area contributed by atoms with Crippen molar-refractivity contribution in [2.75, 3.05) is 0 Å². The molecular formula is C27H44FNaO. The number of aliphatic hydroxyl groups is 1. The van der Waals surface area contributed by atoms with Gasteiger partial charge in [0.1, 0.15) is 0 Å². The maximum atomic E-state index is 10.0. The summed E-state index contributed by atoms with van der Waals surface area (Å²) in [4.78, 5) is 0. The Morgan fingerprint density at radius 2 is 1.83 bits per heavy atom. The minimum Gasteiger partial charge on any atom is -1.00 e. The molecule has 0 aliphatic heterocycles. The summed E-state index contributed by atoms with van der Waals surface area (Å²) in [5.74, 6) is 3.37. The van der Waals surface area contributed by atoms with Crippen molar-refractivity contribution >= 4 is 0 Å². The van der Waals surface area contributed by atoms with E-state index in [1.54, 1.807) is 5.57 Å². The number of aliphatic hydroxyl groups excluding tert-OH is 1. The van der Waals surface area contributed by atoms with E-state index in [1.807, 2.05) is 0 Å². The van der Waals surface area contributed by atoms with Crippen molar-refractivity contribution in [3.05, 3.63) is 35.5 Å². The van der Waals surface area contributed by atoms with Crippen LogP contribution in [0.4, 0.5) is 0 Å². The van der Waals surface area contributed by atoms with E-state index < -0.39 is 0 Å². The molecule has 3 fully saturated rings. The first-order valence-corrected chi connectivity index (χ1v) is 12.1. The molecule has 1 N–H and O–H groups in total.